The predicted molar refractivity (Wildman–Crippen MR) is 82.4 cm³/mol. The number of aliphatic hydroxyl groups excluding tert-OH is 1. The van der Waals surface area contributed by atoms with Crippen molar-refractivity contribution in [1.29, 1.82) is 0 Å². The van der Waals surface area contributed by atoms with E-state index in [4.69, 9.17) is 4.74 Å². The average molecular weight is 285 g/mol. The summed E-state index contributed by atoms with van der Waals surface area (Å²) in [5, 5.41) is 12.3. The molecule has 0 fully saturated rings. The Hall–Kier alpha value is -2.33. The highest BCUT2D eigenvalue weighted by molar-refractivity contribution is 5.91. The van der Waals surface area contributed by atoms with Gasteiger partial charge in [-0.05, 0) is 49.2 Å². The maximum Gasteiger partial charge on any atom is 0.262 e. The van der Waals surface area contributed by atoms with E-state index in [1.54, 1.807) is 25.1 Å². The molecule has 2 aromatic carbocycles. The third-order valence-electron chi connectivity index (χ3n) is 3.01. The fourth-order valence-corrected chi connectivity index (χ4v) is 1.93. The van der Waals surface area contributed by atoms with E-state index in [9.17, 15) is 9.90 Å². The van der Waals surface area contributed by atoms with E-state index < -0.39 is 6.10 Å². The van der Waals surface area contributed by atoms with Crippen LogP contribution in [0.3, 0.4) is 0 Å². The van der Waals surface area contributed by atoms with Gasteiger partial charge in [-0.15, -0.1) is 0 Å². The predicted octanol–water partition coefficient (Wildman–Crippen LogP) is 3.07. The Balaban J connectivity index is 1.91. The first-order valence-electron chi connectivity index (χ1n) is 6.82. The van der Waals surface area contributed by atoms with Gasteiger partial charge in [-0.3, -0.25) is 4.79 Å². The van der Waals surface area contributed by atoms with Crippen LogP contribution >= 0.6 is 0 Å². The van der Waals surface area contributed by atoms with Gasteiger partial charge in [0, 0.05) is 5.69 Å². The molecule has 0 unspecified atom stereocenters. The number of ether oxygens (including phenoxy) is 1. The van der Waals surface area contributed by atoms with Crippen LogP contribution in [-0.4, -0.2) is 17.6 Å². The number of amides is 1. The second-order valence-corrected chi connectivity index (χ2v) is 4.95. The number of aliphatic hydroxyl groups is 1. The van der Waals surface area contributed by atoms with Crippen LogP contribution in [-0.2, 0) is 4.79 Å². The Morgan fingerprint density at radius 1 is 1.24 bits per heavy atom. The lowest BCUT2D eigenvalue weighted by Gasteiger charge is -2.10. The van der Waals surface area contributed by atoms with Gasteiger partial charge in [0.15, 0.2) is 6.61 Å². The standard InChI is InChI=1S/C17H19NO3/c1-12-5-3-8-16(9-12)21-11-17(20)18-15-7-4-6-14(10-15)13(2)19/h3-10,13,19H,11H2,1-2H3,(H,18,20)/t13-/m1/s1. The minimum atomic E-state index is -0.564. The molecule has 0 aliphatic rings. The topological polar surface area (TPSA) is 58.6 Å². The molecule has 0 heterocycles. The minimum absolute atomic E-state index is 0.0532. The van der Waals surface area contributed by atoms with Crippen LogP contribution in [0, 0.1) is 6.92 Å². The Morgan fingerprint density at radius 2 is 2.00 bits per heavy atom. The van der Waals surface area contributed by atoms with Crippen molar-refractivity contribution < 1.29 is 14.6 Å². The highest BCUT2D eigenvalue weighted by Gasteiger charge is 2.06. The summed E-state index contributed by atoms with van der Waals surface area (Å²) in [7, 11) is 0. The number of hydrogen-bond acceptors (Lipinski definition) is 3. The maximum atomic E-state index is 11.9. The highest BCUT2D eigenvalue weighted by atomic mass is 16.5. The summed E-state index contributed by atoms with van der Waals surface area (Å²) in [4.78, 5) is 11.9. The van der Waals surface area contributed by atoms with Crippen LogP contribution in [0.5, 0.6) is 5.75 Å². The minimum Gasteiger partial charge on any atom is -0.484 e. The summed E-state index contributed by atoms with van der Waals surface area (Å²) in [5.74, 6) is 0.433. The molecule has 2 N–H and O–H groups in total. The SMILES string of the molecule is Cc1cccc(OCC(=O)Nc2cccc([C@@H](C)O)c2)c1. The van der Waals surface area contributed by atoms with Gasteiger partial charge in [-0.1, -0.05) is 24.3 Å². The molecule has 0 saturated carbocycles. The fraction of sp³-hybridized carbons (Fsp3) is 0.235. The van der Waals surface area contributed by atoms with Gasteiger partial charge < -0.3 is 15.2 Å². The fourth-order valence-electron chi connectivity index (χ4n) is 1.93. The molecule has 1 atom stereocenters. The van der Waals surface area contributed by atoms with E-state index in [2.05, 4.69) is 5.32 Å². The summed E-state index contributed by atoms with van der Waals surface area (Å²) in [5.41, 5.74) is 2.48. The smallest absolute Gasteiger partial charge is 0.262 e. The first-order valence-corrected chi connectivity index (χ1v) is 6.82. The van der Waals surface area contributed by atoms with Crippen molar-refractivity contribution in [2.24, 2.45) is 0 Å². The van der Waals surface area contributed by atoms with E-state index in [-0.39, 0.29) is 12.5 Å². The average Bonchev–Trinajstić information content (AvgIpc) is 2.45. The molecule has 2 rings (SSSR count). The van der Waals surface area contributed by atoms with Crippen molar-refractivity contribution in [2.75, 3.05) is 11.9 Å². The van der Waals surface area contributed by atoms with Crippen molar-refractivity contribution in [2.45, 2.75) is 20.0 Å². The number of carbonyl (C=O) groups excluding carboxylic acids is 1. The quantitative estimate of drug-likeness (QED) is 0.887. The summed E-state index contributed by atoms with van der Waals surface area (Å²) in [6, 6.07) is 14.7. The lowest BCUT2D eigenvalue weighted by molar-refractivity contribution is -0.118. The highest BCUT2D eigenvalue weighted by Crippen LogP contribution is 2.17. The molecular weight excluding hydrogens is 266 g/mol. The van der Waals surface area contributed by atoms with Crippen LogP contribution in [0.4, 0.5) is 5.69 Å². The van der Waals surface area contributed by atoms with E-state index in [0.29, 0.717) is 11.4 Å². The van der Waals surface area contributed by atoms with Crippen LogP contribution in [0.2, 0.25) is 0 Å². The van der Waals surface area contributed by atoms with Gasteiger partial charge >= 0.3 is 0 Å². The third-order valence-corrected chi connectivity index (χ3v) is 3.01. The van der Waals surface area contributed by atoms with Crippen molar-refractivity contribution in [3.63, 3.8) is 0 Å². The largest absolute Gasteiger partial charge is 0.484 e. The van der Waals surface area contributed by atoms with E-state index in [0.717, 1.165) is 11.1 Å². The van der Waals surface area contributed by atoms with Crippen molar-refractivity contribution in [3.8, 4) is 5.75 Å². The number of aryl methyl sites for hydroxylation is 1. The first kappa shape index (κ1) is 15.1. The summed E-state index contributed by atoms with van der Waals surface area (Å²) in [6.07, 6.45) is -0.564. The zero-order valence-corrected chi connectivity index (χ0v) is 12.2. The van der Waals surface area contributed by atoms with Crippen LogP contribution in [0.15, 0.2) is 48.5 Å². The molecule has 2 aromatic rings. The van der Waals surface area contributed by atoms with Crippen LogP contribution < -0.4 is 10.1 Å². The van der Waals surface area contributed by atoms with Crippen LogP contribution in [0.25, 0.3) is 0 Å². The summed E-state index contributed by atoms with van der Waals surface area (Å²) in [6.45, 7) is 3.60. The van der Waals surface area contributed by atoms with E-state index in [1.165, 1.54) is 0 Å². The molecule has 0 aliphatic heterocycles. The number of benzene rings is 2. The maximum absolute atomic E-state index is 11.9. The first-order chi connectivity index (χ1) is 10.0. The molecule has 0 aromatic heterocycles. The van der Waals surface area contributed by atoms with Crippen LogP contribution in [0.1, 0.15) is 24.2 Å². The van der Waals surface area contributed by atoms with E-state index >= 15 is 0 Å². The monoisotopic (exact) mass is 285 g/mol. The number of hydrogen-bond donors (Lipinski definition) is 2. The van der Waals surface area contributed by atoms with Gasteiger partial charge in [0.25, 0.3) is 5.91 Å². The molecule has 0 aliphatic carbocycles. The molecule has 110 valence electrons. The second kappa shape index (κ2) is 6.90. The van der Waals surface area contributed by atoms with Gasteiger partial charge in [-0.2, -0.15) is 0 Å². The van der Waals surface area contributed by atoms with Crippen molar-refractivity contribution >= 4 is 11.6 Å². The van der Waals surface area contributed by atoms with E-state index in [1.807, 2.05) is 37.3 Å². The number of carbonyl (C=O) groups is 1. The third kappa shape index (κ3) is 4.61. The zero-order chi connectivity index (χ0) is 15.2. The van der Waals surface area contributed by atoms with Gasteiger partial charge in [0.05, 0.1) is 6.10 Å². The van der Waals surface area contributed by atoms with Crippen molar-refractivity contribution in [1.82, 2.24) is 0 Å². The molecule has 0 saturated heterocycles. The summed E-state index contributed by atoms with van der Waals surface area (Å²) >= 11 is 0. The van der Waals surface area contributed by atoms with Crippen molar-refractivity contribution in [3.05, 3.63) is 59.7 Å². The number of anilines is 1. The molecule has 4 heteroatoms. The Kier molecular flexibility index (Phi) is 4.95. The number of rotatable bonds is 5. The molecule has 0 radical (unpaired) electrons. The molecule has 0 spiro atoms. The summed E-state index contributed by atoms with van der Waals surface area (Å²) < 4.78 is 5.44. The lowest BCUT2D eigenvalue weighted by atomic mass is 10.1. The Bertz CT molecular complexity index is 623. The zero-order valence-electron chi connectivity index (χ0n) is 12.2. The van der Waals surface area contributed by atoms with Gasteiger partial charge in [0.1, 0.15) is 5.75 Å². The van der Waals surface area contributed by atoms with Gasteiger partial charge in [-0.25, -0.2) is 0 Å². The molecular formula is C17H19NO3. The second-order valence-electron chi connectivity index (χ2n) is 4.95. The van der Waals surface area contributed by atoms with Gasteiger partial charge in [0.2, 0.25) is 0 Å². The Morgan fingerprint density at radius 3 is 2.71 bits per heavy atom. The molecule has 0 bridgehead atoms. The molecule has 4 nitrogen and oxygen atoms in total. The normalized spacial score (nSPS) is 11.8. The number of nitrogens with one attached hydrogen (secondary N) is 1. The molecule has 1 amide bonds. The molecule has 21 heavy (non-hydrogen) atoms. The Labute approximate surface area is 124 Å². The lowest BCUT2D eigenvalue weighted by Crippen LogP contribution is -2.20.